The zero-order chi connectivity index (χ0) is 10.7. The number of pyridine rings is 1. The number of nitrogens with zero attached hydrogens (tertiary/aromatic N) is 1. The minimum atomic E-state index is 0.901. The summed E-state index contributed by atoms with van der Waals surface area (Å²) in [6.07, 6.45) is 1.80. The third-order valence-electron chi connectivity index (χ3n) is 2.44. The number of benzene rings is 1. The molecule has 0 aliphatic rings. The number of hydrogen-bond donors (Lipinski definition) is 0. The van der Waals surface area contributed by atoms with Crippen LogP contribution in [0.5, 0.6) is 5.75 Å². The van der Waals surface area contributed by atoms with Crippen molar-refractivity contribution in [2.45, 2.75) is 6.92 Å². The fourth-order valence-electron chi connectivity index (χ4n) is 1.64. The Morgan fingerprint density at radius 2 is 1.93 bits per heavy atom. The summed E-state index contributed by atoms with van der Waals surface area (Å²) in [5, 5.41) is 0. The monoisotopic (exact) mass is 199 g/mol. The Balaban J connectivity index is 2.54. The number of methoxy groups -OCH3 is 1. The van der Waals surface area contributed by atoms with Crippen molar-refractivity contribution in [2.24, 2.45) is 0 Å². The quantitative estimate of drug-likeness (QED) is 0.741. The van der Waals surface area contributed by atoms with Gasteiger partial charge < -0.3 is 4.74 Å². The van der Waals surface area contributed by atoms with Crippen LogP contribution >= 0.6 is 0 Å². The van der Waals surface area contributed by atoms with Crippen LogP contribution in [0.15, 0.2) is 42.6 Å². The van der Waals surface area contributed by atoms with E-state index in [2.05, 4.69) is 11.1 Å². The van der Waals surface area contributed by atoms with Crippen molar-refractivity contribution in [3.63, 3.8) is 0 Å². The molecule has 0 bridgehead atoms. The highest BCUT2D eigenvalue weighted by Gasteiger charge is 2.06. The molecule has 0 spiro atoms. The molecule has 0 aliphatic heterocycles. The molecule has 1 heterocycles. The van der Waals surface area contributed by atoms with Crippen LogP contribution in [0, 0.1) is 6.92 Å². The second kappa shape index (κ2) is 4.13. The molecule has 1 aromatic heterocycles. The predicted octanol–water partition coefficient (Wildman–Crippen LogP) is 3.07. The summed E-state index contributed by atoms with van der Waals surface area (Å²) in [4.78, 5) is 4.33. The first-order valence-corrected chi connectivity index (χ1v) is 4.88. The molecule has 2 rings (SSSR count). The molecular weight excluding hydrogens is 186 g/mol. The molecule has 0 fully saturated rings. The van der Waals surface area contributed by atoms with Crippen molar-refractivity contribution < 1.29 is 4.74 Å². The van der Waals surface area contributed by atoms with E-state index in [9.17, 15) is 0 Å². The summed E-state index contributed by atoms with van der Waals surface area (Å²) >= 11 is 0. The van der Waals surface area contributed by atoms with Gasteiger partial charge in [-0.1, -0.05) is 18.2 Å². The van der Waals surface area contributed by atoms with E-state index >= 15 is 0 Å². The summed E-state index contributed by atoms with van der Waals surface area (Å²) in [5.41, 5.74) is 3.22. The van der Waals surface area contributed by atoms with E-state index in [4.69, 9.17) is 4.74 Å². The van der Waals surface area contributed by atoms with Gasteiger partial charge in [0, 0.05) is 17.3 Å². The molecule has 76 valence electrons. The Morgan fingerprint density at radius 3 is 2.60 bits per heavy atom. The molecule has 15 heavy (non-hydrogen) atoms. The number of hydrogen-bond acceptors (Lipinski definition) is 2. The molecule has 2 heteroatoms. The lowest BCUT2D eigenvalue weighted by molar-refractivity contribution is 0.412. The lowest BCUT2D eigenvalue weighted by atomic mass is 10.0. The lowest BCUT2D eigenvalue weighted by Crippen LogP contribution is -1.91. The largest absolute Gasteiger partial charge is 0.496 e. The Labute approximate surface area is 89.6 Å². The summed E-state index contributed by atoms with van der Waals surface area (Å²) < 4.78 is 5.28. The van der Waals surface area contributed by atoms with Gasteiger partial charge >= 0.3 is 0 Å². The topological polar surface area (TPSA) is 22.1 Å². The van der Waals surface area contributed by atoms with Crippen LogP contribution in [-0.4, -0.2) is 12.1 Å². The van der Waals surface area contributed by atoms with Crippen LogP contribution in [0.2, 0.25) is 0 Å². The maximum Gasteiger partial charge on any atom is 0.122 e. The predicted molar refractivity (Wildman–Crippen MR) is 61.0 cm³/mol. The highest BCUT2D eigenvalue weighted by Crippen LogP contribution is 2.27. The minimum Gasteiger partial charge on any atom is -0.496 e. The van der Waals surface area contributed by atoms with E-state index in [1.165, 1.54) is 0 Å². The maximum atomic E-state index is 5.28. The zero-order valence-electron chi connectivity index (χ0n) is 8.90. The second-order valence-corrected chi connectivity index (χ2v) is 3.35. The maximum absolute atomic E-state index is 5.28. The molecule has 0 N–H and O–H groups in total. The Hall–Kier alpha value is -1.83. The summed E-state index contributed by atoms with van der Waals surface area (Å²) in [6, 6.07) is 11.9. The van der Waals surface area contributed by atoms with E-state index in [-0.39, 0.29) is 0 Å². The molecule has 0 atom stereocenters. The molecule has 0 saturated heterocycles. The van der Waals surface area contributed by atoms with Gasteiger partial charge in [-0.25, -0.2) is 0 Å². The van der Waals surface area contributed by atoms with Gasteiger partial charge in [-0.05, 0) is 25.1 Å². The molecular formula is C13H13NO. The average molecular weight is 199 g/mol. The van der Waals surface area contributed by atoms with E-state index in [1.54, 1.807) is 13.3 Å². The van der Waals surface area contributed by atoms with Gasteiger partial charge in [-0.2, -0.15) is 0 Å². The van der Waals surface area contributed by atoms with Crippen molar-refractivity contribution in [3.8, 4) is 17.0 Å². The van der Waals surface area contributed by atoms with Crippen molar-refractivity contribution in [2.75, 3.05) is 7.11 Å². The van der Waals surface area contributed by atoms with Crippen LogP contribution in [0.4, 0.5) is 0 Å². The second-order valence-electron chi connectivity index (χ2n) is 3.35. The third kappa shape index (κ3) is 1.84. The fourth-order valence-corrected chi connectivity index (χ4v) is 1.64. The molecule has 2 nitrogen and oxygen atoms in total. The SMILES string of the molecule is COc1cccc(-c2ccccn2)c1C. The van der Waals surface area contributed by atoms with Gasteiger partial charge in [0.15, 0.2) is 0 Å². The first-order chi connectivity index (χ1) is 7.33. The summed E-state index contributed by atoms with van der Waals surface area (Å²) in [5.74, 6) is 0.901. The van der Waals surface area contributed by atoms with Gasteiger partial charge in [-0.15, -0.1) is 0 Å². The number of rotatable bonds is 2. The van der Waals surface area contributed by atoms with Crippen molar-refractivity contribution in [3.05, 3.63) is 48.2 Å². The number of ether oxygens (including phenoxy) is 1. The molecule has 0 unspecified atom stereocenters. The molecule has 2 aromatic rings. The van der Waals surface area contributed by atoms with Gasteiger partial charge in [0.25, 0.3) is 0 Å². The molecule has 1 aromatic carbocycles. The zero-order valence-corrected chi connectivity index (χ0v) is 8.90. The molecule has 0 saturated carbocycles. The van der Waals surface area contributed by atoms with E-state index < -0.39 is 0 Å². The first kappa shape index (κ1) is 9.71. The highest BCUT2D eigenvalue weighted by atomic mass is 16.5. The normalized spacial score (nSPS) is 10.0. The van der Waals surface area contributed by atoms with Crippen LogP contribution in [-0.2, 0) is 0 Å². The van der Waals surface area contributed by atoms with E-state index in [0.717, 1.165) is 22.6 Å². The Morgan fingerprint density at radius 1 is 1.07 bits per heavy atom. The Bertz CT molecular complexity index is 451. The first-order valence-electron chi connectivity index (χ1n) is 4.88. The van der Waals surface area contributed by atoms with Crippen LogP contribution in [0.25, 0.3) is 11.3 Å². The molecule has 0 radical (unpaired) electrons. The minimum absolute atomic E-state index is 0.901. The smallest absolute Gasteiger partial charge is 0.122 e. The standard InChI is InChI=1S/C13H13NO/c1-10-11(6-5-8-13(10)15-2)12-7-3-4-9-14-12/h3-9H,1-2H3. The van der Waals surface area contributed by atoms with Gasteiger partial charge in [0.05, 0.1) is 12.8 Å². The van der Waals surface area contributed by atoms with Crippen molar-refractivity contribution in [1.29, 1.82) is 0 Å². The van der Waals surface area contributed by atoms with Crippen molar-refractivity contribution >= 4 is 0 Å². The fraction of sp³-hybridized carbons (Fsp3) is 0.154. The van der Waals surface area contributed by atoms with Crippen molar-refractivity contribution in [1.82, 2.24) is 4.98 Å². The lowest BCUT2D eigenvalue weighted by Gasteiger charge is -2.09. The van der Waals surface area contributed by atoms with Gasteiger partial charge in [0.1, 0.15) is 5.75 Å². The van der Waals surface area contributed by atoms with Crippen LogP contribution in [0.3, 0.4) is 0 Å². The van der Waals surface area contributed by atoms with E-state index in [0.29, 0.717) is 0 Å². The van der Waals surface area contributed by atoms with Crippen LogP contribution in [0.1, 0.15) is 5.56 Å². The number of aromatic nitrogens is 1. The molecule has 0 aliphatic carbocycles. The molecule has 0 amide bonds. The van der Waals surface area contributed by atoms with E-state index in [1.807, 2.05) is 37.3 Å². The highest BCUT2D eigenvalue weighted by molar-refractivity contribution is 5.66. The van der Waals surface area contributed by atoms with Gasteiger partial charge in [0.2, 0.25) is 0 Å². The summed E-state index contributed by atoms with van der Waals surface area (Å²) in [7, 11) is 1.69. The third-order valence-corrected chi connectivity index (χ3v) is 2.44. The summed E-state index contributed by atoms with van der Waals surface area (Å²) in [6.45, 7) is 2.04. The van der Waals surface area contributed by atoms with Gasteiger partial charge in [-0.3, -0.25) is 4.98 Å². The van der Waals surface area contributed by atoms with Crippen LogP contribution < -0.4 is 4.74 Å². The Kier molecular flexibility index (Phi) is 2.68. The average Bonchev–Trinajstić information content (AvgIpc) is 2.30.